The van der Waals surface area contributed by atoms with Crippen molar-refractivity contribution in [2.75, 3.05) is 12.3 Å². The summed E-state index contributed by atoms with van der Waals surface area (Å²) in [4.78, 5) is 11.1. The molecule has 0 aliphatic carbocycles. The molecule has 0 bridgehead atoms. The Bertz CT molecular complexity index is 225. The molecular formula is C9H19NO4S. The van der Waals surface area contributed by atoms with Crippen molar-refractivity contribution in [3.8, 4) is 0 Å². The first-order valence-corrected chi connectivity index (χ1v) is 6.13. The summed E-state index contributed by atoms with van der Waals surface area (Å²) in [5.74, 6) is 0.246. The van der Waals surface area contributed by atoms with Gasteiger partial charge in [0.05, 0.1) is 0 Å². The van der Waals surface area contributed by atoms with Gasteiger partial charge in [-0.2, -0.15) is 0 Å². The predicted octanol–water partition coefficient (Wildman–Crippen LogP) is 1.51. The van der Waals surface area contributed by atoms with Gasteiger partial charge in [0, 0.05) is 12.3 Å². The predicted molar refractivity (Wildman–Crippen MR) is 59.1 cm³/mol. The molecule has 90 valence electrons. The second kappa shape index (κ2) is 6.79. The van der Waals surface area contributed by atoms with E-state index in [1.807, 2.05) is 0 Å². The molecule has 0 aliphatic heterocycles. The van der Waals surface area contributed by atoms with Crippen LogP contribution in [0.3, 0.4) is 0 Å². The number of nitrogens with one attached hydrogen (secondary N) is 1. The minimum absolute atomic E-state index is 0.246. The molecule has 0 saturated carbocycles. The second-order valence-electron chi connectivity index (χ2n) is 4.16. The third-order valence-electron chi connectivity index (χ3n) is 1.41. The van der Waals surface area contributed by atoms with Crippen LogP contribution in [-0.2, 0) is 15.8 Å². The smallest absolute Gasteiger partial charge is 0.407 e. The van der Waals surface area contributed by atoms with Crippen LogP contribution in [0, 0.1) is 0 Å². The van der Waals surface area contributed by atoms with Crippen LogP contribution in [0.5, 0.6) is 0 Å². The number of amides is 1. The molecule has 0 saturated heterocycles. The Labute approximate surface area is 92.9 Å². The highest BCUT2D eigenvalue weighted by atomic mass is 32.2. The topological polar surface area (TPSA) is 75.6 Å². The van der Waals surface area contributed by atoms with Crippen LogP contribution in [0.1, 0.15) is 33.6 Å². The maximum Gasteiger partial charge on any atom is 0.407 e. The van der Waals surface area contributed by atoms with E-state index in [1.54, 1.807) is 20.8 Å². The number of ether oxygens (including phenoxy) is 1. The van der Waals surface area contributed by atoms with Crippen LogP contribution in [0.25, 0.3) is 0 Å². The van der Waals surface area contributed by atoms with E-state index in [9.17, 15) is 9.00 Å². The quantitative estimate of drug-likeness (QED) is 0.561. The van der Waals surface area contributed by atoms with Gasteiger partial charge in [0.1, 0.15) is 5.60 Å². The van der Waals surface area contributed by atoms with E-state index >= 15 is 0 Å². The van der Waals surface area contributed by atoms with Crippen LogP contribution in [0.4, 0.5) is 4.79 Å². The van der Waals surface area contributed by atoms with Gasteiger partial charge in [-0.05, 0) is 33.6 Å². The summed E-state index contributed by atoms with van der Waals surface area (Å²) in [5.41, 5.74) is -0.489. The summed E-state index contributed by atoms with van der Waals surface area (Å²) in [6.07, 6.45) is 0.831. The van der Waals surface area contributed by atoms with Crippen LogP contribution in [0.15, 0.2) is 0 Å². The molecule has 6 heteroatoms. The van der Waals surface area contributed by atoms with Gasteiger partial charge >= 0.3 is 6.09 Å². The number of hydrogen-bond donors (Lipinski definition) is 2. The Morgan fingerprint density at radius 3 is 2.47 bits per heavy atom. The molecule has 0 spiro atoms. The van der Waals surface area contributed by atoms with Crippen LogP contribution < -0.4 is 5.32 Å². The first kappa shape index (κ1) is 14.4. The summed E-state index contributed by atoms with van der Waals surface area (Å²) in [5, 5.41) is 2.57. The number of carbonyl (C=O) groups is 1. The van der Waals surface area contributed by atoms with Crippen molar-refractivity contribution < 1.29 is 18.3 Å². The Hall–Kier alpha value is -0.620. The fourth-order valence-corrected chi connectivity index (χ4v) is 1.31. The molecular weight excluding hydrogens is 218 g/mol. The van der Waals surface area contributed by atoms with E-state index < -0.39 is 22.8 Å². The number of hydrogen-bond acceptors (Lipinski definition) is 3. The Kier molecular flexibility index (Phi) is 6.51. The van der Waals surface area contributed by atoms with Crippen molar-refractivity contribution in [1.29, 1.82) is 0 Å². The molecule has 0 aromatic carbocycles. The van der Waals surface area contributed by atoms with Crippen LogP contribution in [0.2, 0.25) is 0 Å². The summed E-state index contributed by atoms with van der Waals surface area (Å²) in [6.45, 7) is 5.84. The average molecular weight is 237 g/mol. The van der Waals surface area contributed by atoms with Crippen molar-refractivity contribution in [3.05, 3.63) is 0 Å². The lowest BCUT2D eigenvalue weighted by molar-refractivity contribution is 0.0527. The summed E-state index contributed by atoms with van der Waals surface area (Å²) >= 11 is -1.74. The molecule has 1 unspecified atom stereocenters. The Balaban J connectivity index is 3.44. The molecule has 0 aliphatic rings. The number of carbonyl (C=O) groups excluding carboxylic acids is 1. The van der Waals surface area contributed by atoms with Gasteiger partial charge in [-0.1, -0.05) is 0 Å². The van der Waals surface area contributed by atoms with Gasteiger partial charge < -0.3 is 14.6 Å². The lowest BCUT2D eigenvalue weighted by Crippen LogP contribution is -2.33. The van der Waals surface area contributed by atoms with Gasteiger partial charge in [0.25, 0.3) is 0 Å². The average Bonchev–Trinajstić information content (AvgIpc) is 1.99. The largest absolute Gasteiger partial charge is 0.444 e. The molecule has 1 atom stereocenters. The molecule has 0 aromatic heterocycles. The minimum Gasteiger partial charge on any atom is -0.444 e. The van der Waals surface area contributed by atoms with Crippen molar-refractivity contribution in [1.82, 2.24) is 5.32 Å². The van der Waals surface area contributed by atoms with Crippen molar-refractivity contribution in [2.24, 2.45) is 0 Å². The molecule has 15 heavy (non-hydrogen) atoms. The van der Waals surface area contributed by atoms with Gasteiger partial charge in [-0.15, -0.1) is 0 Å². The molecule has 2 N–H and O–H groups in total. The zero-order valence-electron chi connectivity index (χ0n) is 9.41. The zero-order valence-corrected chi connectivity index (χ0v) is 10.2. The number of unbranched alkanes of at least 4 members (excludes halogenated alkanes) is 1. The highest BCUT2D eigenvalue weighted by Gasteiger charge is 2.15. The highest BCUT2D eigenvalue weighted by molar-refractivity contribution is 7.79. The normalized spacial score (nSPS) is 13.3. The summed E-state index contributed by atoms with van der Waals surface area (Å²) in [7, 11) is 0. The van der Waals surface area contributed by atoms with E-state index in [-0.39, 0.29) is 5.75 Å². The number of rotatable bonds is 5. The zero-order chi connectivity index (χ0) is 11.9. The fraction of sp³-hybridized carbons (Fsp3) is 0.889. The van der Waals surface area contributed by atoms with Crippen molar-refractivity contribution in [2.45, 2.75) is 39.2 Å². The summed E-state index contributed by atoms with van der Waals surface area (Å²) < 4.78 is 23.8. The molecule has 1 amide bonds. The SMILES string of the molecule is CC(C)(C)OC(=O)NCCCCS(=O)O. The van der Waals surface area contributed by atoms with E-state index in [0.29, 0.717) is 19.4 Å². The standard InChI is InChI=1S/C9H19NO4S/c1-9(2,3)14-8(11)10-6-4-5-7-15(12)13/h4-7H2,1-3H3,(H,10,11)(H,12,13). The van der Waals surface area contributed by atoms with E-state index in [4.69, 9.17) is 9.29 Å². The lowest BCUT2D eigenvalue weighted by Gasteiger charge is -2.19. The molecule has 5 nitrogen and oxygen atoms in total. The maximum atomic E-state index is 11.1. The van der Waals surface area contributed by atoms with Gasteiger partial charge in [-0.25, -0.2) is 9.00 Å². The van der Waals surface area contributed by atoms with Crippen molar-refractivity contribution >= 4 is 17.2 Å². The first-order chi connectivity index (χ1) is 6.81. The maximum absolute atomic E-state index is 11.1. The minimum atomic E-state index is -1.74. The van der Waals surface area contributed by atoms with Crippen LogP contribution in [-0.4, -0.2) is 32.8 Å². The van der Waals surface area contributed by atoms with E-state index in [0.717, 1.165) is 0 Å². The molecule has 0 heterocycles. The molecule has 0 aromatic rings. The van der Waals surface area contributed by atoms with Gasteiger partial charge in [0.15, 0.2) is 11.1 Å². The highest BCUT2D eigenvalue weighted by Crippen LogP contribution is 2.06. The number of alkyl carbamates (subject to hydrolysis) is 1. The third kappa shape index (κ3) is 11.3. The van der Waals surface area contributed by atoms with E-state index in [2.05, 4.69) is 5.32 Å². The van der Waals surface area contributed by atoms with Crippen molar-refractivity contribution in [3.63, 3.8) is 0 Å². The monoisotopic (exact) mass is 237 g/mol. The third-order valence-corrected chi connectivity index (χ3v) is 2.05. The molecule has 0 radical (unpaired) electrons. The van der Waals surface area contributed by atoms with Crippen LogP contribution >= 0.6 is 0 Å². The lowest BCUT2D eigenvalue weighted by atomic mass is 10.2. The second-order valence-corrected chi connectivity index (χ2v) is 5.21. The van der Waals surface area contributed by atoms with E-state index in [1.165, 1.54) is 0 Å². The Morgan fingerprint density at radius 1 is 1.40 bits per heavy atom. The molecule has 0 rings (SSSR count). The van der Waals surface area contributed by atoms with Gasteiger partial charge in [0.2, 0.25) is 0 Å². The first-order valence-electron chi connectivity index (χ1n) is 4.85. The Morgan fingerprint density at radius 2 is 2.00 bits per heavy atom. The summed E-state index contributed by atoms with van der Waals surface area (Å²) in [6, 6.07) is 0. The molecule has 0 fully saturated rings. The fourth-order valence-electron chi connectivity index (χ4n) is 0.855. The van der Waals surface area contributed by atoms with Gasteiger partial charge in [-0.3, -0.25) is 0 Å².